The first-order chi connectivity index (χ1) is 16.8. The largest absolute Gasteiger partial charge is 0.480 e. The average molecular weight is 505 g/mol. The minimum Gasteiger partial charge on any atom is -0.480 e. The van der Waals surface area contributed by atoms with Crippen molar-refractivity contribution in [1.82, 2.24) is 16.0 Å². The molecule has 0 aromatic heterocycles. The number of carbonyl (C=O) groups is 4. The van der Waals surface area contributed by atoms with Gasteiger partial charge in [0.15, 0.2) is 0 Å². The summed E-state index contributed by atoms with van der Waals surface area (Å²) in [7, 11) is 0. The van der Waals surface area contributed by atoms with E-state index in [9.17, 15) is 24.3 Å². The highest BCUT2D eigenvalue weighted by atomic mass is 16.4. The average Bonchev–Trinajstić information content (AvgIpc) is 2.77. The van der Waals surface area contributed by atoms with Gasteiger partial charge in [-0.3, -0.25) is 14.4 Å². The van der Waals surface area contributed by atoms with Gasteiger partial charge in [-0.15, -0.1) is 0 Å². The van der Waals surface area contributed by atoms with Gasteiger partial charge in [0.25, 0.3) is 0 Å². The fourth-order valence-electron chi connectivity index (χ4n) is 3.88. The summed E-state index contributed by atoms with van der Waals surface area (Å²) in [6.07, 6.45) is 1.28. The molecule has 0 spiro atoms. The maximum Gasteiger partial charge on any atom is 0.326 e. The molecule has 1 aromatic rings. The molecule has 0 aliphatic heterocycles. The quantitative estimate of drug-likeness (QED) is 0.247. The highest BCUT2D eigenvalue weighted by molar-refractivity contribution is 5.94. The van der Waals surface area contributed by atoms with Crippen LogP contribution in [0.25, 0.3) is 0 Å². The van der Waals surface area contributed by atoms with Crippen LogP contribution in [0.4, 0.5) is 0 Å². The van der Waals surface area contributed by atoms with Gasteiger partial charge in [0.1, 0.15) is 18.1 Å². The number of nitrogens with one attached hydrogen (secondary N) is 3. The van der Waals surface area contributed by atoms with Crippen LogP contribution in [0.2, 0.25) is 0 Å². The number of aliphatic carboxylic acids is 1. The Morgan fingerprint density at radius 2 is 1.08 bits per heavy atom. The van der Waals surface area contributed by atoms with E-state index in [4.69, 9.17) is 5.73 Å². The summed E-state index contributed by atoms with van der Waals surface area (Å²) >= 11 is 0. The zero-order valence-corrected chi connectivity index (χ0v) is 22.4. The van der Waals surface area contributed by atoms with Gasteiger partial charge in [0, 0.05) is 0 Å². The Hall–Kier alpha value is -2.94. The van der Waals surface area contributed by atoms with Gasteiger partial charge in [-0.1, -0.05) is 71.9 Å². The van der Waals surface area contributed by atoms with Crippen LogP contribution in [-0.2, 0) is 25.6 Å². The lowest BCUT2D eigenvalue weighted by Crippen LogP contribution is -2.57. The molecule has 9 nitrogen and oxygen atoms in total. The van der Waals surface area contributed by atoms with Gasteiger partial charge in [0.2, 0.25) is 17.7 Å². The highest BCUT2D eigenvalue weighted by Crippen LogP contribution is 2.11. The standard InChI is InChI=1S/C27H44N4O5/c1-16(2)12-21(29-24(32)20(28)15-19-10-8-7-9-11-19)25(33)30-22(13-17(3)4)26(34)31-23(27(35)36)14-18(5)6/h7-11,16-18,20-23H,12-15,28H2,1-6H3,(H,29,32)(H,30,33)(H,31,34)(H,35,36). The highest BCUT2D eigenvalue weighted by Gasteiger charge is 2.31. The van der Waals surface area contributed by atoms with Crippen LogP contribution in [-0.4, -0.2) is 53.0 Å². The third kappa shape index (κ3) is 11.7. The lowest BCUT2D eigenvalue weighted by molar-refractivity contribution is -0.143. The Kier molecular flexibility index (Phi) is 13.2. The second-order valence-electron chi connectivity index (χ2n) is 10.7. The predicted molar refractivity (Wildman–Crippen MR) is 140 cm³/mol. The number of carboxylic acids is 1. The minimum atomic E-state index is -1.12. The SMILES string of the molecule is CC(C)CC(NC(=O)C(CC(C)C)NC(=O)C(CC(C)C)NC(=O)C(N)Cc1ccccc1)C(=O)O. The van der Waals surface area contributed by atoms with Crippen molar-refractivity contribution in [3.8, 4) is 0 Å². The van der Waals surface area contributed by atoms with Crippen LogP contribution >= 0.6 is 0 Å². The Labute approximate surface area is 215 Å². The van der Waals surface area contributed by atoms with Crippen molar-refractivity contribution in [3.05, 3.63) is 35.9 Å². The number of rotatable bonds is 15. The molecule has 0 fully saturated rings. The first-order valence-electron chi connectivity index (χ1n) is 12.7. The summed E-state index contributed by atoms with van der Waals surface area (Å²) in [5.74, 6) is -2.41. The minimum absolute atomic E-state index is 0.0619. The summed E-state index contributed by atoms with van der Waals surface area (Å²) in [5, 5.41) is 17.6. The fraction of sp³-hybridized carbons (Fsp3) is 0.630. The topological polar surface area (TPSA) is 151 Å². The van der Waals surface area contributed by atoms with E-state index >= 15 is 0 Å². The second-order valence-corrected chi connectivity index (χ2v) is 10.7. The van der Waals surface area contributed by atoms with Gasteiger partial charge in [-0.25, -0.2) is 4.79 Å². The van der Waals surface area contributed by atoms with Crippen molar-refractivity contribution < 1.29 is 24.3 Å². The smallest absolute Gasteiger partial charge is 0.326 e. The number of carbonyl (C=O) groups excluding carboxylic acids is 3. The van der Waals surface area contributed by atoms with Gasteiger partial charge in [0.05, 0.1) is 6.04 Å². The fourth-order valence-corrected chi connectivity index (χ4v) is 3.88. The van der Waals surface area contributed by atoms with E-state index in [0.29, 0.717) is 19.3 Å². The van der Waals surface area contributed by atoms with Crippen molar-refractivity contribution in [2.24, 2.45) is 23.5 Å². The van der Waals surface area contributed by atoms with Crippen LogP contribution < -0.4 is 21.7 Å². The lowest BCUT2D eigenvalue weighted by Gasteiger charge is -2.27. The van der Waals surface area contributed by atoms with E-state index in [1.807, 2.05) is 71.9 Å². The molecule has 0 aliphatic rings. The lowest BCUT2D eigenvalue weighted by atomic mass is 9.98. The first-order valence-corrected chi connectivity index (χ1v) is 12.7. The molecule has 0 bridgehead atoms. The molecule has 36 heavy (non-hydrogen) atoms. The van der Waals surface area contributed by atoms with Crippen LogP contribution in [0.15, 0.2) is 30.3 Å². The van der Waals surface area contributed by atoms with E-state index in [1.54, 1.807) is 0 Å². The number of hydrogen-bond donors (Lipinski definition) is 5. The summed E-state index contributed by atoms with van der Waals surface area (Å²) in [5.41, 5.74) is 7.01. The van der Waals surface area contributed by atoms with Crippen molar-refractivity contribution in [3.63, 3.8) is 0 Å². The van der Waals surface area contributed by atoms with Gasteiger partial charge >= 0.3 is 5.97 Å². The van der Waals surface area contributed by atoms with Gasteiger partial charge in [-0.2, -0.15) is 0 Å². The normalized spacial score (nSPS) is 14.7. The van der Waals surface area contributed by atoms with Crippen LogP contribution in [0.3, 0.4) is 0 Å². The zero-order valence-electron chi connectivity index (χ0n) is 22.4. The van der Waals surface area contributed by atoms with Gasteiger partial charge in [-0.05, 0) is 49.0 Å². The molecule has 0 saturated heterocycles. The Bertz CT molecular complexity index is 857. The second kappa shape index (κ2) is 15.2. The van der Waals surface area contributed by atoms with Crippen LogP contribution in [0.5, 0.6) is 0 Å². The van der Waals surface area contributed by atoms with Crippen molar-refractivity contribution >= 4 is 23.7 Å². The number of benzene rings is 1. The van der Waals surface area contributed by atoms with E-state index in [-0.39, 0.29) is 24.2 Å². The van der Waals surface area contributed by atoms with E-state index in [1.165, 1.54) is 0 Å². The molecule has 0 heterocycles. The molecule has 4 atom stereocenters. The molecule has 0 saturated carbocycles. The molecule has 1 aromatic carbocycles. The molecule has 3 amide bonds. The number of amides is 3. The molecule has 0 radical (unpaired) electrons. The maximum atomic E-state index is 13.2. The Morgan fingerprint density at radius 3 is 1.50 bits per heavy atom. The summed E-state index contributed by atoms with van der Waals surface area (Å²) in [4.78, 5) is 50.6. The number of hydrogen-bond acceptors (Lipinski definition) is 5. The molecule has 6 N–H and O–H groups in total. The van der Waals surface area contributed by atoms with E-state index in [2.05, 4.69) is 16.0 Å². The van der Waals surface area contributed by atoms with Crippen LogP contribution in [0.1, 0.15) is 66.4 Å². The van der Waals surface area contributed by atoms with Crippen LogP contribution in [0, 0.1) is 17.8 Å². The van der Waals surface area contributed by atoms with Crippen molar-refractivity contribution in [2.45, 2.75) is 91.4 Å². The van der Waals surface area contributed by atoms with E-state index in [0.717, 1.165) is 5.56 Å². The van der Waals surface area contributed by atoms with Crippen molar-refractivity contribution in [1.29, 1.82) is 0 Å². The monoisotopic (exact) mass is 504 g/mol. The summed E-state index contributed by atoms with van der Waals surface area (Å²) in [6, 6.07) is 5.67. The number of nitrogens with two attached hydrogens (primary N) is 1. The molecule has 0 aliphatic carbocycles. The van der Waals surface area contributed by atoms with Gasteiger partial charge < -0.3 is 26.8 Å². The Morgan fingerprint density at radius 1 is 0.694 bits per heavy atom. The maximum absolute atomic E-state index is 13.2. The zero-order chi connectivity index (χ0) is 27.4. The molecule has 202 valence electrons. The summed E-state index contributed by atoms with van der Waals surface area (Å²) in [6.45, 7) is 11.4. The van der Waals surface area contributed by atoms with Crippen molar-refractivity contribution in [2.75, 3.05) is 0 Å². The Balaban J connectivity index is 2.96. The molecule has 4 unspecified atom stereocenters. The van der Waals surface area contributed by atoms with E-state index < -0.39 is 47.9 Å². The third-order valence-corrected chi connectivity index (χ3v) is 5.64. The summed E-state index contributed by atoms with van der Waals surface area (Å²) < 4.78 is 0. The first kappa shape index (κ1) is 31.1. The molecule has 9 heteroatoms. The molecule has 1 rings (SSSR count). The molecular formula is C27H44N4O5. The predicted octanol–water partition coefficient (Wildman–Crippen LogP) is 2.23. The molecular weight excluding hydrogens is 460 g/mol. The third-order valence-electron chi connectivity index (χ3n) is 5.64. The number of carboxylic acid groups (broad SMARTS) is 1.